The molecule has 4 heteroatoms. The molecule has 0 aliphatic heterocycles. The van der Waals surface area contributed by atoms with Crippen LogP contribution in [0.2, 0.25) is 0 Å². The van der Waals surface area contributed by atoms with Gasteiger partial charge in [-0.1, -0.05) is 18.2 Å². The fourth-order valence-electron chi connectivity index (χ4n) is 2.18. The smallest absolute Gasteiger partial charge is 0.163 e. The normalized spacial score (nSPS) is 10.5. The second-order valence-electron chi connectivity index (χ2n) is 5.31. The van der Waals surface area contributed by atoms with E-state index in [-0.39, 0.29) is 11.5 Å². The van der Waals surface area contributed by atoms with Crippen LogP contribution in [-0.2, 0) is 0 Å². The largest absolute Gasteiger partial charge is 0.507 e. The predicted octanol–water partition coefficient (Wildman–Crippen LogP) is 4.94. The number of phenolic OH excluding ortho intramolecular Hbond substituents is 1. The van der Waals surface area contributed by atoms with Gasteiger partial charge in [0.2, 0.25) is 0 Å². The van der Waals surface area contributed by atoms with E-state index in [4.69, 9.17) is 4.74 Å². The van der Waals surface area contributed by atoms with Crippen molar-refractivity contribution in [2.75, 3.05) is 12.4 Å². The second kappa shape index (κ2) is 9.26. The molecule has 0 aliphatic carbocycles. The quantitative estimate of drug-likeness (QED) is 0.402. The lowest BCUT2D eigenvalue weighted by Crippen LogP contribution is -1.99. The summed E-state index contributed by atoms with van der Waals surface area (Å²) in [5.41, 5.74) is 0.329. The lowest BCUT2D eigenvalue weighted by Gasteiger charge is -2.08. The molecule has 3 nitrogen and oxygen atoms in total. The average Bonchev–Trinajstić information content (AvgIpc) is 2.54. The van der Waals surface area contributed by atoms with Crippen LogP contribution in [-0.4, -0.2) is 23.2 Å². The minimum atomic E-state index is -0.148. The van der Waals surface area contributed by atoms with Gasteiger partial charge < -0.3 is 9.84 Å². The number of phenols is 1. The lowest BCUT2D eigenvalue weighted by molar-refractivity contribution is 0.101. The molecule has 2 aromatic carbocycles. The third-order valence-electron chi connectivity index (χ3n) is 3.42. The Kier molecular flexibility index (Phi) is 7.01. The highest BCUT2D eigenvalue weighted by Gasteiger charge is 2.07. The molecule has 0 unspecified atom stereocenters. The summed E-state index contributed by atoms with van der Waals surface area (Å²) in [7, 11) is 0. The number of carbonyl (C=O) groups excluding carboxylic acids is 1. The summed E-state index contributed by atoms with van der Waals surface area (Å²) in [5.74, 6) is 1.54. The van der Waals surface area contributed by atoms with Crippen LogP contribution in [0.15, 0.2) is 53.4 Å². The standard InChI is InChI=1S/C19H22O3S/c1-15(20)18-11-10-16(14-19(18)21)22-12-6-3-7-13-23-17-8-4-2-5-9-17/h2,4-5,8-11,14,21H,3,6-7,12-13H2,1H3. The lowest BCUT2D eigenvalue weighted by atomic mass is 10.1. The van der Waals surface area contributed by atoms with Crippen LogP contribution in [0.5, 0.6) is 11.5 Å². The number of thioether (sulfide) groups is 1. The van der Waals surface area contributed by atoms with E-state index in [0.29, 0.717) is 17.9 Å². The Bertz CT molecular complexity index is 626. The first kappa shape index (κ1) is 17.4. The van der Waals surface area contributed by atoms with Crippen molar-refractivity contribution < 1.29 is 14.6 Å². The van der Waals surface area contributed by atoms with Gasteiger partial charge in [-0.2, -0.15) is 0 Å². The molecular formula is C19H22O3S. The molecular weight excluding hydrogens is 308 g/mol. The van der Waals surface area contributed by atoms with Crippen LogP contribution in [0.4, 0.5) is 0 Å². The molecule has 23 heavy (non-hydrogen) atoms. The van der Waals surface area contributed by atoms with Crippen molar-refractivity contribution >= 4 is 17.5 Å². The molecule has 2 rings (SSSR count). The molecule has 122 valence electrons. The number of hydrogen-bond acceptors (Lipinski definition) is 4. The van der Waals surface area contributed by atoms with Crippen molar-refractivity contribution in [3.05, 3.63) is 54.1 Å². The van der Waals surface area contributed by atoms with Gasteiger partial charge in [0.25, 0.3) is 0 Å². The first-order valence-corrected chi connectivity index (χ1v) is 8.80. The zero-order chi connectivity index (χ0) is 16.5. The Morgan fingerprint density at radius 2 is 1.87 bits per heavy atom. The Hall–Kier alpha value is -1.94. The zero-order valence-electron chi connectivity index (χ0n) is 13.3. The average molecular weight is 330 g/mol. The molecule has 0 atom stereocenters. The number of unbranched alkanes of at least 4 members (excludes halogenated alkanes) is 2. The van der Waals surface area contributed by atoms with Crippen molar-refractivity contribution in [2.24, 2.45) is 0 Å². The van der Waals surface area contributed by atoms with Gasteiger partial charge in [-0.05, 0) is 56.2 Å². The Morgan fingerprint density at radius 1 is 1.09 bits per heavy atom. The number of carbonyl (C=O) groups is 1. The molecule has 0 fully saturated rings. The van der Waals surface area contributed by atoms with E-state index in [2.05, 4.69) is 24.3 Å². The van der Waals surface area contributed by atoms with Crippen molar-refractivity contribution in [1.29, 1.82) is 0 Å². The van der Waals surface area contributed by atoms with Crippen molar-refractivity contribution in [2.45, 2.75) is 31.1 Å². The third kappa shape index (κ3) is 5.99. The number of Topliss-reactive ketones (excluding diaryl/α,β-unsaturated/α-hetero) is 1. The van der Waals surface area contributed by atoms with Gasteiger partial charge in [0, 0.05) is 11.0 Å². The summed E-state index contributed by atoms with van der Waals surface area (Å²) >= 11 is 1.88. The maximum absolute atomic E-state index is 11.2. The van der Waals surface area contributed by atoms with Crippen molar-refractivity contribution in [3.8, 4) is 11.5 Å². The van der Waals surface area contributed by atoms with Crippen LogP contribution < -0.4 is 4.74 Å². The highest BCUT2D eigenvalue weighted by Crippen LogP contribution is 2.24. The molecule has 1 N–H and O–H groups in total. The maximum Gasteiger partial charge on any atom is 0.163 e. The van der Waals surface area contributed by atoms with Gasteiger partial charge in [-0.15, -0.1) is 11.8 Å². The van der Waals surface area contributed by atoms with Crippen LogP contribution in [0.1, 0.15) is 36.5 Å². The number of ether oxygens (including phenoxy) is 1. The zero-order valence-corrected chi connectivity index (χ0v) is 14.1. The summed E-state index contributed by atoms with van der Waals surface area (Å²) in [4.78, 5) is 12.5. The van der Waals surface area contributed by atoms with Crippen LogP contribution in [0.3, 0.4) is 0 Å². The van der Waals surface area contributed by atoms with E-state index in [1.807, 2.05) is 17.8 Å². The summed E-state index contributed by atoms with van der Waals surface area (Å²) < 4.78 is 5.61. The molecule has 0 amide bonds. The van der Waals surface area contributed by atoms with E-state index >= 15 is 0 Å². The summed E-state index contributed by atoms with van der Waals surface area (Å²) in [5, 5.41) is 9.74. The number of hydrogen-bond donors (Lipinski definition) is 1. The number of aromatic hydroxyl groups is 1. The molecule has 0 heterocycles. The summed E-state index contributed by atoms with van der Waals surface area (Å²) in [6.07, 6.45) is 3.24. The molecule has 0 saturated carbocycles. The van der Waals surface area contributed by atoms with E-state index in [9.17, 15) is 9.90 Å². The van der Waals surface area contributed by atoms with E-state index in [1.165, 1.54) is 17.9 Å². The highest BCUT2D eigenvalue weighted by atomic mass is 32.2. The second-order valence-corrected chi connectivity index (χ2v) is 6.47. The number of benzene rings is 2. The van der Waals surface area contributed by atoms with E-state index in [0.717, 1.165) is 25.0 Å². The van der Waals surface area contributed by atoms with Crippen molar-refractivity contribution in [1.82, 2.24) is 0 Å². The summed E-state index contributed by atoms with van der Waals surface area (Å²) in [6, 6.07) is 15.2. The fraction of sp³-hybridized carbons (Fsp3) is 0.316. The minimum Gasteiger partial charge on any atom is -0.507 e. The molecule has 0 bridgehead atoms. The summed E-state index contributed by atoms with van der Waals surface area (Å²) in [6.45, 7) is 2.05. The van der Waals surface area contributed by atoms with Crippen molar-refractivity contribution in [3.63, 3.8) is 0 Å². The van der Waals surface area contributed by atoms with Gasteiger partial charge in [0.05, 0.1) is 12.2 Å². The molecule has 0 spiro atoms. The van der Waals surface area contributed by atoms with E-state index < -0.39 is 0 Å². The van der Waals surface area contributed by atoms with E-state index in [1.54, 1.807) is 12.1 Å². The van der Waals surface area contributed by atoms with Gasteiger partial charge in [0.15, 0.2) is 5.78 Å². The van der Waals surface area contributed by atoms with Gasteiger partial charge in [0.1, 0.15) is 11.5 Å². The number of ketones is 1. The van der Waals surface area contributed by atoms with Crippen LogP contribution in [0, 0.1) is 0 Å². The maximum atomic E-state index is 11.2. The van der Waals surface area contributed by atoms with Gasteiger partial charge in [-0.25, -0.2) is 0 Å². The monoisotopic (exact) mass is 330 g/mol. The van der Waals surface area contributed by atoms with Gasteiger partial charge in [-0.3, -0.25) is 4.79 Å². The Balaban J connectivity index is 1.60. The molecule has 0 saturated heterocycles. The van der Waals surface area contributed by atoms with Crippen LogP contribution in [0.25, 0.3) is 0 Å². The first-order chi connectivity index (χ1) is 11.2. The number of rotatable bonds is 9. The van der Waals surface area contributed by atoms with Crippen LogP contribution >= 0.6 is 11.8 Å². The molecule has 0 radical (unpaired) electrons. The Labute approximate surface area is 141 Å². The topological polar surface area (TPSA) is 46.5 Å². The highest BCUT2D eigenvalue weighted by molar-refractivity contribution is 7.99. The Morgan fingerprint density at radius 3 is 2.57 bits per heavy atom. The SMILES string of the molecule is CC(=O)c1ccc(OCCCCCSc2ccccc2)cc1O. The fourth-order valence-corrected chi connectivity index (χ4v) is 3.11. The molecule has 0 aromatic heterocycles. The molecule has 0 aliphatic rings. The van der Waals surface area contributed by atoms with Gasteiger partial charge >= 0.3 is 0 Å². The first-order valence-electron chi connectivity index (χ1n) is 7.81. The molecule has 2 aromatic rings. The minimum absolute atomic E-state index is 0.0192. The predicted molar refractivity (Wildman–Crippen MR) is 94.6 cm³/mol. The third-order valence-corrected chi connectivity index (χ3v) is 4.52.